The van der Waals surface area contributed by atoms with Crippen LogP contribution in [0.25, 0.3) is 0 Å². The maximum absolute atomic E-state index is 12.7. The summed E-state index contributed by atoms with van der Waals surface area (Å²) in [6.45, 7) is 4.04. The lowest BCUT2D eigenvalue weighted by molar-refractivity contribution is 0.0730. The van der Waals surface area contributed by atoms with E-state index in [9.17, 15) is 13.2 Å². The van der Waals surface area contributed by atoms with Crippen LogP contribution in [0.2, 0.25) is 0 Å². The standard InChI is InChI=1S/C21H24BrN3O5S2/c1-2-11-30-19-8-3-15(14-18(19)22)20(26)24-21(31)23-16-4-6-17(7-5-16)32(27,28)25-9-12-29-13-10-25/h3-8,14H,2,9-13H2,1H3,(H2,23,24,26,31). The number of hydrogen-bond donors (Lipinski definition) is 2. The van der Waals surface area contributed by atoms with Crippen LogP contribution in [0.3, 0.4) is 0 Å². The highest BCUT2D eigenvalue weighted by Crippen LogP contribution is 2.26. The van der Waals surface area contributed by atoms with Gasteiger partial charge in [0.1, 0.15) is 5.75 Å². The molecule has 1 amide bonds. The van der Waals surface area contributed by atoms with E-state index in [4.69, 9.17) is 21.7 Å². The smallest absolute Gasteiger partial charge is 0.257 e. The Labute approximate surface area is 201 Å². The van der Waals surface area contributed by atoms with E-state index >= 15 is 0 Å². The Balaban J connectivity index is 1.59. The van der Waals surface area contributed by atoms with Crippen molar-refractivity contribution in [3.8, 4) is 5.75 Å². The zero-order valence-electron chi connectivity index (χ0n) is 17.5. The lowest BCUT2D eigenvalue weighted by atomic mass is 10.2. The summed E-state index contributed by atoms with van der Waals surface area (Å²) < 4.78 is 38.2. The van der Waals surface area contributed by atoms with E-state index < -0.39 is 10.0 Å². The zero-order valence-corrected chi connectivity index (χ0v) is 20.7. The summed E-state index contributed by atoms with van der Waals surface area (Å²) in [7, 11) is -3.57. The van der Waals surface area contributed by atoms with Gasteiger partial charge >= 0.3 is 0 Å². The quantitative estimate of drug-likeness (QED) is 0.518. The maximum Gasteiger partial charge on any atom is 0.257 e. The predicted molar refractivity (Wildman–Crippen MR) is 130 cm³/mol. The number of rotatable bonds is 7. The molecule has 2 N–H and O–H groups in total. The minimum Gasteiger partial charge on any atom is -0.492 e. The highest BCUT2D eigenvalue weighted by molar-refractivity contribution is 9.10. The molecule has 2 aromatic carbocycles. The fourth-order valence-corrected chi connectivity index (χ4v) is 5.07. The van der Waals surface area contributed by atoms with Crippen molar-refractivity contribution in [2.24, 2.45) is 0 Å². The van der Waals surface area contributed by atoms with Gasteiger partial charge in [-0.05, 0) is 77.0 Å². The Kier molecular flexibility index (Phi) is 8.60. The average molecular weight is 542 g/mol. The van der Waals surface area contributed by atoms with Crippen LogP contribution in [0.5, 0.6) is 5.75 Å². The first kappa shape index (κ1) is 24.6. The molecule has 11 heteroatoms. The van der Waals surface area contributed by atoms with Crippen molar-refractivity contribution in [2.45, 2.75) is 18.2 Å². The van der Waals surface area contributed by atoms with Crippen LogP contribution in [0.1, 0.15) is 23.7 Å². The van der Waals surface area contributed by atoms with E-state index in [0.29, 0.717) is 54.4 Å². The molecule has 8 nitrogen and oxygen atoms in total. The molecule has 0 atom stereocenters. The number of carbonyl (C=O) groups excluding carboxylic acids is 1. The first-order valence-corrected chi connectivity index (χ1v) is 12.7. The van der Waals surface area contributed by atoms with Crippen LogP contribution in [0.15, 0.2) is 51.8 Å². The Hall–Kier alpha value is -2.05. The third-order valence-corrected chi connectivity index (χ3v) is 7.34. The van der Waals surface area contributed by atoms with Crippen molar-refractivity contribution in [1.29, 1.82) is 0 Å². The number of hydrogen-bond acceptors (Lipinski definition) is 6. The number of benzene rings is 2. The Morgan fingerprint density at radius 1 is 1.19 bits per heavy atom. The third-order valence-electron chi connectivity index (χ3n) is 4.60. The van der Waals surface area contributed by atoms with E-state index in [1.807, 2.05) is 6.92 Å². The average Bonchev–Trinajstić information content (AvgIpc) is 2.79. The third kappa shape index (κ3) is 6.26. The molecule has 1 heterocycles. The van der Waals surface area contributed by atoms with Crippen molar-refractivity contribution in [3.05, 3.63) is 52.5 Å². The molecular formula is C21H24BrN3O5S2. The van der Waals surface area contributed by atoms with Crippen molar-refractivity contribution < 1.29 is 22.7 Å². The normalized spacial score (nSPS) is 14.6. The number of sulfonamides is 1. The van der Waals surface area contributed by atoms with Gasteiger partial charge in [0.05, 0.1) is 29.2 Å². The molecule has 1 saturated heterocycles. The van der Waals surface area contributed by atoms with Crippen LogP contribution in [-0.4, -0.2) is 56.7 Å². The monoisotopic (exact) mass is 541 g/mol. The maximum atomic E-state index is 12.7. The lowest BCUT2D eigenvalue weighted by Gasteiger charge is -2.26. The summed E-state index contributed by atoms with van der Waals surface area (Å²) in [6.07, 6.45) is 0.884. The molecule has 2 aromatic rings. The van der Waals surface area contributed by atoms with Crippen molar-refractivity contribution in [1.82, 2.24) is 9.62 Å². The highest BCUT2D eigenvalue weighted by atomic mass is 79.9. The number of carbonyl (C=O) groups is 1. The van der Waals surface area contributed by atoms with E-state index in [1.165, 1.54) is 16.4 Å². The van der Waals surface area contributed by atoms with Gasteiger partial charge in [-0.1, -0.05) is 6.92 Å². The van der Waals surface area contributed by atoms with Gasteiger partial charge in [-0.25, -0.2) is 8.42 Å². The molecule has 0 radical (unpaired) electrons. The van der Waals surface area contributed by atoms with Crippen LogP contribution >= 0.6 is 28.1 Å². The summed E-state index contributed by atoms with van der Waals surface area (Å²) in [5.41, 5.74) is 0.970. The molecule has 1 aliphatic rings. The summed E-state index contributed by atoms with van der Waals surface area (Å²) in [4.78, 5) is 12.7. The summed E-state index contributed by atoms with van der Waals surface area (Å²) in [5, 5.41) is 5.60. The Bertz CT molecular complexity index is 1070. The van der Waals surface area contributed by atoms with Crippen molar-refractivity contribution in [2.75, 3.05) is 38.2 Å². The second kappa shape index (κ2) is 11.2. The molecule has 1 fully saturated rings. The van der Waals surface area contributed by atoms with E-state index in [0.717, 1.165) is 6.42 Å². The number of halogens is 1. The first-order valence-electron chi connectivity index (χ1n) is 10.0. The van der Waals surface area contributed by atoms with Crippen LogP contribution in [0.4, 0.5) is 5.69 Å². The second-order valence-corrected chi connectivity index (χ2v) is 10.1. The van der Waals surface area contributed by atoms with E-state index in [1.54, 1.807) is 30.3 Å². The molecule has 172 valence electrons. The number of morpholine rings is 1. The highest BCUT2D eigenvalue weighted by Gasteiger charge is 2.26. The summed E-state index contributed by atoms with van der Waals surface area (Å²) >= 11 is 8.62. The van der Waals surface area contributed by atoms with Crippen molar-refractivity contribution in [3.63, 3.8) is 0 Å². The Morgan fingerprint density at radius 2 is 1.88 bits per heavy atom. The zero-order chi connectivity index (χ0) is 23.1. The van der Waals surface area contributed by atoms with E-state index in [2.05, 4.69) is 26.6 Å². The van der Waals surface area contributed by atoms with Crippen LogP contribution in [0, 0.1) is 0 Å². The van der Waals surface area contributed by atoms with Crippen LogP contribution < -0.4 is 15.4 Å². The van der Waals surface area contributed by atoms with Gasteiger partial charge in [0.2, 0.25) is 10.0 Å². The molecular weight excluding hydrogens is 518 g/mol. The lowest BCUT2D eigenvalue weighted by Crippen LogP contribution is -2.40. The molecule has 1 aliphatic heterocycles. The van der Waals surface area contributed by atoms with Gasteiger partial charge in [0.15, 0.2) is 5.11 Å². The molecule has 0 saturated carbocycles. The van der Waals surface area contributed by atoms with E-state index in [-0.39, 0.29) is 15.9 Å². The SMILES string of the molecule is CCCOc1ccc(C(=O)NC(=S)Nc2ccc(S(=O)(=O)N3CCOCC3)cc2)cc1Br. The van der Waals surface area contributed by atoms with Crippen molar-refractivity contribution >= 4 is 54.9 Å². The predicted octanol–water partition coefficient (Wildman–Crippen LogP) is 3.39. The molecule has 0 unspecified atom stereocenters. The molecule has 32 heavy (non-hydrogen) atoms. The largest absolute Gasteiger partial charge is 0.492 e. The fraction of sp³-hybridized carbons (Fsp3) is 0.333. The number of ether oxygens (including phenoxy) is 2. The van der Waals surface area contributed by atoms with Gasteiger partial charge in [-0.3, -0.25) is 10.1 Å². The number of anilines is 1. The second-order valence-electron chi connectivity index (χ2n) is 6.94. The first-order chi connectivity index (χ1) is 15.3. The van der Waals surface area contributed by atoms with Crippen LogP contribution in [-0.2, 0) is 14.8 Å². The van der Waals surface area contributed by atoms with Gasteiger partial charge in [-0.15, -0.1) is 0 Å². The van der Waals surface area contributed by atoms with Gasteiger partial charge in [-0.2, -0.15) is 4.31 Å². The molecule has 3 rings (SSSR count). The summed E-state index contributed by atoms with van der Waals surface area (Å²) in [6, 6.07) is 11.2. The topological polar surface area (TPSA) is 97.0 Å². The minimum atomic E-state index is -3.57. The number of nitrogens with zero attached hydrogens (tertiary/aromatic N) is 1. The number of nitrogens with one attached hydrogen (secondary N) is 2. The molecule has 0 aromatic heterocycles. The number of thiocarbonyl (C=S) groups is 1. The fourth-order valence-electron chi connectivity index (χ4n) is 2.96. The van der Waals surface area contributed by atoms with Gasteiger partial charge < -0.3 is 14.8 Å². The summed E-state index contributed by atoms with van der Waals surface area (Å²) in [5.74, 6) is 0.285. The van der Waals surface area contributed by atoms with Gasteiger partial charge in [0.25, 0.3) is 5.91 Å². The minimum absolute atomic E-state index is 0.0984. The molecule has 0 bridgehead atoms. The Morgan fingerprint density at radius 3 is 2.50 bits per heavy atom. The van der Waals surface area contributed by atoms with Gasteiger partial charge in [0, 0.05) is 24.3 Å². The molecule has 0 spiro atoms. The number of amides is 1. The molecule has 0 aliphatic carbocycles.